The third-order valence-corrected chi connectivity index (χ3v) is 3.60. The van der Waals surface area contributed by atoms with Crippen LogP contribution in [0.3, 0.4) is 0 Å². The Kier molecular flexibility index (Phi) is 2.75. The van der Waals surface area contributed by atoms with Crippen LogP contribution in [-0.4, -0.2) is 11.9 Å². The van der Waals surface area contributed by atoms with Gasteiger partial charge in [-0.05, 0) is 47.7 Å². The van der Waals surface area contributed by atoms with Crippen LogP contribution >= 0.6 is 0 Å². The molecule has 3 N–H and O–H groups in total. The molecule has 1 aliphatic carbocycles. The summed E-state index contributed by atoms with van der Waals surface area (Å²) in [4.78, 5) is 11.1. The Morgan fingerprint density at radius 3 is 2.68 bits per heavy atom. The summed E-state index contributed by atoms with van der Waals surface area (Å²) in [6.45, 7) is 1.77. The monoisotopic (exact) mass is 252 g/mol. The fourth-order valence-corrected chi connectivity index (χ4v) is 2.56. The molecule has 2 aromatic rings. The standard InChI is InChI=1S/C16H16N2O/c1-10(16(17)19)18-13-6-7-15-12(9-13)8-11-4-2-3-5-14(11)15/h2-7,9-10,18H,8H2,1H3,(H2,17,19). The first-order chi connectivity index (χ1) is 9.15. The molecule has 0 saturated carbocycles. The minimum atomic E-state index is -0.359. The molecule has 0 aliphatic heterocycles. The van der Waals surface area contributed by atoms with Crippen molar-refractivity contribution < 1.29 is 4.79 Å². The number of amides is 1. The Hall–Kier alpha value is -2.29. The molecule has 0 heterocycles. The molecule has 0 fully saturated rings. The number of anilines is 1. The molecule has 1 atom stereocenters. The quantitative estimate of drug-likeness (QED) is 0.752. The number of hydrogen-bond acceptors (Lipinski definition) is 2. The zero-order chi connectivity index (χ0) is 13.4. The number of primary amides is 1. The molecule has 96 valence electrons. The molecule has 2 aromatic carbocycles. The second kappa shape index (κ2) is 4.43. The third kappa shape index (κ3) is 2.08. The minimum absolute atomic E-state index is 0.344. The summed E-state index contributed by atoms with van der Waals surface area (Å²) >= 11 is 0. The highest BCUT2D eigenvalue weighted by atomic mass is 16.1. The number of benzene rings is 2. The topological polar surface area (TPSA) is 55.1 Å². The molecule has 0 aromatic heterocycles. The van der Waals surface area contributed by atoms with Crippen molar-refractivity contribution in [1.29, 1.82) is 0 Å². The molecule has 0 bridgehead atoms. The van der Waals surface area contributed by atoms with Gasteiger partial charge in [-0.15, -0.1) is 0 Å². The van der Waals surface area contributed by atoms with Crippen molar-refractivity contribution in [2.75, 3.05) is 5.32 Å². The maximum Gasteiger partial charge on any atom is 0.239 e. The second-order valence-corrected chi connectivity index (χ2v) is 4.97. The van der Waals surface area contributed by atoms with Gasteiger partial charge in [0.1, 0.15) is 6.04 Å². The number of hydrogen-bond donors (Lipinski definition) is 2. The summed E-state index contributed by atoms with van der Waals surface area (Å²) in [5, 5.41) is 3.12. The van der Waals surface area contributed by atoms with Gasteiger partial charge < -0.3 is 11.1 Å². The van der Waals surface area contributed by atoms with Crippen LogP contribution in [0.25, 0.3) is 11.1 Å². The lowest BCUT2D eigenvalue weighted by molar-refractivity contribution is -0.118. The van der Waals surface area contributed by atoms with Crippen molar-refractivity contribution >= 4 is 11.6 Å². The molecule has 1 unspecified atom stereocenters. The van der Waals surface area contributed by atoms with Gasteiger partial charge in [0.2, 0.25) is 5.91 Å². The van der Waals surface area contributed by atoms with Crippen molar-refractivity contribution in [2.24, 2.45) is 5.73 Å². The second-order valence-electron chi connectivity index (χ2n) is 4.97. The Morgan fingerprint density at radius 2 is 1.89 bits per heavy atom. The Balaban J connectivity index is 1.91. The van der Waals surface area contributed by atoms with E-state index in [0.29, 0.717) is 0 Å². The van der Waals surface area contributed by atoms with E-state index in [9.17, 15) is 4.79 Å². The molecule has 0 spiro atoms. The summed E-state index contributed by atoms with van der Waals surface area (Å²) in [5.74, 6) is -0.344. The van der Waals surface area contributed by atoms with Gasteiger partial charge in [0.15, 0.2) is 0 Å². The van der Waals surface area contributed by atoms with Crippen molar-refractivity contribution in [1.82, 2.24) is 0 Å². The molecule has 1 aliphatic rings. The lowest BCUT2D eigenvalue weighted by atomic mass is 10.1. The zero-order valence-electron chi connectivity index (χ0n) is 10.8. The summed E-state index contributed by atoms with van der Waals surface area (Å²) in [6.07, 6.45) is 0.950. The molecule has 19 heavy (non-hydrogen) atoms. The summed E-state index contributed by atoms with van der Waals surface area (Å²) < 4.78 is 0. The van der Waals surface area contributed by atoms with Gasteiger partial charge in [-0.3, -0.25) is 4.79 Å². The fraction of sp³-hybridized carbons (Fsp3) is 0.188. The van der Waals surface area contributed by atoms with Gasteiger partial charge in [0.25, 0.3) is 0 Å². The van der Waals surface area contributed by atoms with Crippen LogP contribution in [0.1, 0.15) is 18.1 Å². The first-order valence-electron chi connectivity index (χ1n) is 6.42. The van der Waals surface area contributed by atoms with Gasteiger partial charge >= 0.3 is 0 Å². The molecule has 3 nitrogen and oxygen atoms in total. The maximum atomic E-state index is 11.1. The summed E-state index contributed by atoms with van der Waals surface area (Å²) in [5.41, 5.74) is 11.5. The average Bonchev–Trinajstić information content (AvgIpc) is 2.76. The van der Waals surface area contributed by atoms with Gasteiger partial charge in [-0.2, -0.15) is 0 Å². The van der Waals surface area contributed by atoms with Gasteiger partial charge in [-0.1, -0.05) is 30.3 Å². The predicted molar refractivity (Wildman–Crippen MR) is 77.0 cm³/mol. The Labute approximate surface area is 112 Å². The van der Waals surface area contributed by atoms with Crippen molar-refractivity contribution in [3.63, 3.8) is 0 Å². The first kappa shape index (κ1) is 11.8. The summed E-state index contributed by atoms with van der Waals surface area (Å²) in [6, 6.07) is 14.3. The molecular weight excluding hydrogens is 236 g/mol. The van der Waals surface area contributed by atoms with E-state index in [1.165, 1.54) is 22.3 Å². The number of nitrogens with two attached hydrogens (primary N) is 1. The Bertz CT molecular complexity index is 649. The number of nitrogens with one attached hydrogen (secondary N) is 1. The van der Waals surface area contributed by atoms with Crippen molar-refractivity contribution in [2.45, 2.75) is 19.4 Å². The zero-order valence-corrected chi connectivity index (χ0v) is 10.8. The maximum absolute atomic E-state index is 11.1. The fourth-order valence-electron chi connectivity index (χ4n) is 2.56. The molecule has 0 radical (unpaired) electrons. The lowest BCUT2D eigenvalue weighted by Gasteiger charge is -2.12. The molecule has 1 amide bonds. The van der Waals surface area contributed by atoms with Crippen LogP contribution in [0.4, 0.5) is 5.69 Å². The van der Waals surface area contributed by atoms with E-state index in [1.807, 2.05) is 6.07 Å². The number of carbonyl (C=O) groups excluding carboxylic acids is 1. The number of fused-ring (bicyclic) bond motifs is 3. The highest BCUT2D eigenvalue weighted by molar-refractivity contribution is 5.83. The average molecular weight is 252 g/mol. The lowest BCUT2D eigenvalue weighted by Crippen LogP contribution is -2.32. The number of carbonyl (C=O) groups is 1. The van der Waals surface area contributed by atoms with E-state index in [2.05, 4.69) is 41.7 Å². The molecule has 3 heteroatoms. The third-order valence-electron chi connectivity index (χ3n) is 3.60. The SMILES string of the molecule is CC(Nc1ccc2c(c1)Cc1ccccc1-2)C(N)=O. The van der Waals surface area contributed by atoms with Crippen LogP contribution < -0.4 is 11.1 Å². The van der Waals surface area contributed by atoms with E-state index in [-0.39, 0.29) is 11.9 Å². The normalized spacial score (nSPS) is 13.5. The van der Waals surface area contributed by atoms with E-state index in [0.717, 1.165) is 12.1 Å². The van der Waals surface area contributed by atoms with E-state index in [1.54, 1.807) is 6.92 Å². The first-order valence-corrected chi connectivity index (χ1v) is 6.42. The van der Waals surface area contributed by atoms with Crippen LogP contribution in [-0.2, 0) is 11.2 Å². The predicted octanol–water partition coefficient (Wildman–Crippen LogP) is 2.54. The van der Waals surface area contributed by atoms with Gasteiger partial charge in [0, 0.05) is 5.69 Å². The molecular formula is C16H16N2O. The summed E-state index contributed by atoms with van der Waals surface area (Å²) in [7, 11) is 0. The van der Waals surface area contributed by atoms with Crippen LogP contribution in [0, 0.1) is 0 Å². The van der Waals surface area contributed by atoms with Crippen molar-refractivity contribution in [3.8, 4) is 11.1 Å². The van der Waals surface area contributed by atoms with Crippen LogP contribution in [0.5, 0.6) is 0 Å². The Morgan fingerprint density at radius 1 is 1.16 bits per heavy atom. The highest BCUT2D eigenvalue weighted by Crippen LogP contribution is 2.37. The smallest absolute Gasteiger partial charge is 0.239 e. The van der Waals surface area contributed by atoms with E-state index in [4.69, 9.17) is 5.73 Å². The van der Waals surface area contributed by atoms with Crippen LogP contribution in [0.15, 0.2) is 42.5 Å². The van der Waals surface area contributed by atoms with Gasteiger partial charge in [-0.25, -0.2) is 0 Å². The van der Waals surface area contributed by atoms with E-state index < -0.39 is 0 Å². The van der Waals surface area contributed by atoms with Crippen molar-refractivity contribution in [3.05, 3.63) is 53.6 Å². The van der Waals surface area contributed by atoms with Gasteiger partial charge in [0.05, 0.1) is 0 Å². The molecule has 0 saturated heterocycles. The minimum Gasteiger partial charge on any atom is -0.374 e. The van der Waals surface area contributed by atoms with E-state index >= 15 is 0 Å². The van der Waals surface area contributed by atoms with Crippen LogP contribution in [0.2, 0.25) is 0 Å². The molecule has 3 rings (SSSR count). The highest BCUT2D eigenvalue weighted by Gasteiger charge is 2.18. The number of rotatable bonds is 3. The largest absolute Gasteiger partial charge is 0.374 e.